The Morgan fingerprint density at radius 1 is 1.53 bits per heavy atom. The summed E-state index contributed by atoms with van der Waals surface area (Å²) in [6, 6.07) is 7.05. The summed E-state index contributed by atoms with van der Waals surface area (Å²) in [7, 11) is 0. The number of benzene rings is 1. The molecule has 1 aliphatic rings. The lowest BCUT2D eigenvalue weighted by Gasteiger charge is -2.12. The average Bonchev–Trinajstić information content (AvgIpc) is 2.58. The quantitative estimate of drug-likeness (QED) is 0.786. The fourth-order valence-corrected chi connectivity index (χ4v) is 1.71. The summed E-state index contributed by atoms with van der Waals surface area (Å²) in [4.78, 5) is 11.2. The second-order valence-electron chi connectivity index (χ2n) is 3.49. The summed E-state index contributed by atoms with van der Waals surface area (Å²) >= 11 is 3.29. The molecular weight excluding hydrogens is 286 g/mol. The molecule has 4 nitrogen and oxygen atoms in total. The van der Waals surface area contributed by atoms with Crippen LogP contribution in [0, 0.1) is 11.3 Å². The zero-order chi connectivity index (χ0) is 12.4. The molecular formula is C12H8BrNO3. The molecule has 0 radical (unpaired) electrons. The zero-order valence-electron chi connectivity index (χ0n) is 8.94. The number of hydrogen-bond acceptors (Lipinski definition) is 4. The first-order valence-electron chi connectivity index (χ1n) is 4.86. The minimum Gasteiger partial charge on any atom is -0.450 e. The van der Waals surface area contributed by atoms with E-state index in [9.17, 15) is 4.79 Å². The van der Waals surface area contributed by atoms with E-state index in [1.807, 2.05) is 6.07 Å². The first kappa shape index (κ1) is 11.7. The largest absolute Gasteiger partial charge is 0.450 e. The van der Waals surface area contributed by atoms with Crippen LogP contribution in [0.5, 0.6) is 5.75 Å². The van der Waals surface area contributed by atoms with Crippen molar-refractivity contribution in [2.75, 3.05) is 0 Å². The number of carbonyl (C=O) groups is 1. The van der Waals surface area contributed by atoms with E-state index >= 15 is 0 Å². The number of nitriles is 1. The molecule has 0 saturated carbocycles. The Labute approximate surface area is 107 Å². The SMILES string of the molecule is CC1=CC(Oc2cc(Br)ccc2C#N)OC1=O. The Kier molecular flexibility index (Phi) is 3.16. The smallest absolute Gasteiger partial charge is 0.336 e. The molecule has 1 heterocycles. The van der Waals surface area contributed by atoms with E-state index in [0.29, 0.717) is 16.9 Å². The van der Waals surface area contributed by atoms with Gasteiger partial charge in [-0.25, -0.2) is 4.79 Å². The summed E-state index contributed by atoms with van der Waals surface area (Å²) in [6.07, 6.45) is 0.814. The molecule has 5 heteroatoms. The molecule has 0 fully saturated rings. The highest BCUT2D eigenvalue weighted by Crippen LogP contribution is 2.26. The van der Waals surface area contributed by atoms with Gasteiger partial charge in [-0.2, -0.15) is 5.26 Å². The highest BCUT2D eigenvalue weighted by molar-refractivity contribution is 9.10. The lowest BCUT2D eigenvalue weighted by molar-refractivity contribution is -0.148. The summed E-state index contributed by atoms with van der Waals surface area (Å²) in [5.74, 6) is -0.0193. The lowest BCUT2D eigenvalue weighted by atomic mass is 10.2. The zero-order valence-corrected chi connectivity index (χ0v) is 10.5. The van der Waals surface area contributed by atoms with E-state index in [2.05, 4.69) is 15.9 Å². The number of ether oxygens (including phenoxy) is 2. The van der Waals surface area contributed by atoms with Gasteiger partial charge in [0.1, 0.15) is 11.8 Å². The lowest BCUT2D eigenvalue weighted by Crippen LogP contribution is -2.16. The Hall–Kier alpha value is -1.80. The van der Waals surface area contributed by atoms with Gasteiger partial charge in [0.25, 0.3) is 6.29 Å². The van der Waals surface area contributed by atoms with Crippen LogP contribution in [-0.2, 0) is 9.53 Å². The van der Waals surface area contributed by atoms with Crippen molar-refractivity contribution in [3.63, 3.8) is 0 Å². The molecule has 0 amide bonds. The van der Waals surface area contributed by atoms with Crippen LogP contribution >= 0.6 is 15.9 Å². The molecule has 0 aliphatic carbocycles. The number of hydrogen-bond donors (Lipinski definition) is 0. The third-order valence-electron chi connectivity index (χ3n) is 2.24. The van der Waals surface area contributed by atoms with E-state index in [1.54, 1.807) is 31.2 Å². The maximum Gasteiger partial charge on any atom is 0.336 e. The monoisotopic (exact) mass is 293 g/mol. The van der Waals surface area contributed by atoms with Crippen LogP contribution in [-0.4, -0.2) is 12.3 Å². The van der Waals surface area contributed by atoms with Gasteiger partial charge in [0.2, 0.25) is 0 Å². The maximum absolute atomic E-state index is 11.2. The Balaban J connectivity index is 2.23. The molecule has 86 valence electrons. The van der Waals surface area contributed by atoms with Crippen molar-refractivity contribution in [3.8, 4) is 11.8 Å². The van der Waals surface area contributed by atoms with Crippen LogP contribution in [0.2, 0.25) is 0 Å². The first-order chi connectivity index (χ1) is 8.10. The van der Waals surface area contributed by atoms with Gasteiger partial charge in [0.15, 0.2) is 0 Å². The van der Waals surface area contributed by atoms with Crippen molar-refractivity contribution in [1.29, 1.82) is 5.26 Å². The van der Waals surface area contributed by atoms with Gasteiger partial charge in [-0.05, 0) is 25.1 Å². The fraction of sp³-hybridized carbons (Fsp3) is 0.167. The van der Waals surface area contributed by atoms with E-state index in [4.69, 9.17) is 14.7 Å². The normalized spacial score (nSPS) is 18.3. The molecule has 2 rings (SSSR count). The number of esters is 1. The van der Waals surface area contributed by atoms with Crippen LogP contribution < -0.4 is 4.74 Å². The summed E-state index contributed by atoms with van der Waals surface area (Å²) < 4.78 is 11.2. The summed E-state index contributed by atoms with van der Waals surface area (Å²) in [6.45, 7) is 1.65. The minimum absolute atomic E-state index is 0.380. The van der Waals surface area contributed by atoms with Gasteiger partial charge in [-0.1, -0.05) is 15.9 Å². The van der Waals surface area contributed by atoms with Gasteiger partial charge in [0, 0.05) is 16.1 Å². The fourth-order valence-electron chi connectivity index (χ4n) is 1.37. The van der Waals surface area contributed by atoms with Crippen molar-refractivity contribution < 1.29 is 14.3 Å². The topological polar surface area (TPSA) is 59.3 Å². The molecule has 1 unspecified atom stereocenters. The Bertz CT molecular complexity index is 545. The molecule has 0 N–H and O–H groups in total. The second-order valence-corrected chi connectivity index (χ2v) is 4.41. The Morgan fingerprint density at radius 2 is 2.29 bits per heavy atom. The van der Waals surface area contributed by atoms with E-state index in [1.165, 1.54) is 0 Å². The molecule has 1 aliphatic heterocycles. The molecule has 17 heavy (non-hydrogen) atoms. The number of carbonyl (C=O) groups excluding carboxylic acids is 1. The standard InChI is InChI=1S/C12H8BrNO3/c1-7-4-11(17-12(7)15)16-10-5-9(13)3-2-8(10)6-14/h2-5,11H,1H3. The van der Waals surface area contributed by atoms with Crippen LogP contribution in [0.25, 0.3) is 0 Å². The summed E-state index contributed by atoms with van der Waals surface area (Å²) in [5, 5.41) is 8.92. The third-order valence-corrected chi connectivity index (χ3v) is 2.73. The van der Waals surface area contributed by atoms with Crippen LogP contribution in [0.1, 0.15) is 12.5 Å². The van der Waals surface area contributed by atoms with Gasteiger partial charge in [0.05, 0.1) is 5.56 Å². The molecule has 0 saturated heterocycles. The van der Waals surface area contributed by atoms with Crippen molar-refractivity contribution in [1.82, 2.24) is 0 Å². The van der Waals surface area contributed by atoms with Crippen molar-refractivity contribution in [2.24, 2.45) is 0 Å². The van der Waals surface area contributed by atoms with E-state index in [0.717, 1.165) is 4.47 Å². The molecule has 1 atom stereocenters. The van der Waals surface area contributed by atoms with Gasteiger partial charge in [-0.3, -0.25) is 0 Å². The van der Waals surface area contributed by atoms with Gasteiger partial charge in [-0.15, -0.1) is 0 Å². The molecule has 0 aromatic heterocycles. The molecule has 0 spiro atoms. The van der Waals surface area contributed by atoms with E-state index < -0.39 is 12.3 Å². The van der Waals surface area contributed by atoms with Gasteiger partial charge < -0.3 is 9.47 Å². The number of cyclic esters (lactones) is 1. The number of halogens is 1. The van der Waals surface area contributed by atoms with E-state index in [-0.39, 0.29) is 0 Å². The molecule has 1 aromatic rings. The molecule has 0 bridgehead atoms. The first-order valence-corrected chi connectivity index (χ1v) is 5.65. The highest BCUT2D eigenvalue weighted by Gasteiger charge is 2.24. The van der Waals surface area contributed by atoms with Crippen LogP contribution in [0.3, 0.4) is 0 Å². The predicted molar refractivity (Wildman–Crippen MR) is 63.1 cm³/mol. The maximum atomic E-state index is 11.2. The third kappa shape index (κ3) is 2.48. The van der Waals surface area contributed by atoms with Crippen molar-refractivity contribution >= 4 is 21.9 Å². The summed E-state index contributed by atoms with van der Waals surface area (Å²) in [5.41, 5.74) is 0.894. The van der Waals surface area contributed by atoms with Gasteiger partial charge >= 0.3 is 5.97 Å². The average molecular weight is 294 g/mol. The van der Waals surface area contributed by atoms with Crippen molar-refractivity contribution in [3.05, 3.63) is 39.9 Å². The minimum atomic E-state index is -0.760. The molecule has 1 aromatic carbocycles. The number of nitrogens with zero attached hydrogens (tertiary/aromatic N) is 1. The number of rotatable bonds is 2. The Morgan fingerprint density at radius 3 is 2.88 bits per heavy atom. The van der Waals surface area contributed by atoms with Crippen LogP contribution in [0.15, 0.2) is 34.3 Å². The second kappa shape index (κ2) is 4.60. The van der Waals surface area contributed by atoms with Crippen molar-refractivity contribution in [2.45, 2.75) is 13.2 Å². The highest BCUT2D eigenvalue weighted by atomic mass is 79.9. The van der Waals surface area contributed by atoms with Crippen LogP contribution in [0.4, 0.5) is 0 Å². The predicted octanol–water partition coefficient (Wildman–Crippen LogP) is 2.53.